The van der Waals surface area contributed by atoms with Gasteiger partial charge in [-0.25, -0.2) is 0 Å². The van der Waals surface area contributed by atoms with Gasteiger partial charge in [0.1, 0.15) is 5.75 Å². The Kier molecular flexibility index (Phi) is 5.84. The minimum Gasteiger partial charge on any atom is -0.497 e. The van der Waals surface area contributed by atoms with Gasteiger partial charge in [0, 0.05) is 50.6 Å². The molecular formula is C20H23N3O3. The third-order valence-electron chi connectivity index (χ3n) is 4.61. The normalized spacial score (nSPS) is 14.2. The fourth-order valence-electron chi connectivity index (χ4n) is 3.06. The van der Waals surface area contributed by atoms with E-state index in [1.165, 1.54) is 0 Å². The Bertz CT molecular complexity index is 756. The van der Waals surface area contributed by atoms with Crippen molar-refractivity contribution in [1.29, 1.82) is 0 Å². The van der Waals surface area contributed by atoms with Crippen molar-refractivity contribution in [3.8, 4) is 5.75 Å². The predicted molar refractivity (Wildman–Crippen MR) is 98.0 cm³/mol. The zero-order valence-corrected chi connectivity index (χ0v) is 14.9. The number of hydrogen-bond donors (Lipinski definition) is 0. The van der Waals surface area contributed by atoms with Crippen LogP contribution in [-0.4, -0.2) is 59.9 Å². The predicted octanol–water partition coefficient (Wildman–Crippen LogP) is 2.01. The standard InChI is InChI=1S/C20H23N3O3/c1-26-18-4-2-3-17(15-18)20(25)23-13-11-22(12-14-23)19(24)6-5-16-7-9-21-10-8-16/h2-4,7-10,15H,5-6,11-14H2,1H3. The molecule has 1 aromatic heterocycles. The van der Waals surface area contributed by atoms with Crippen molar-refractivity contribution < 1.29 is 14.3 Å². The van der Waals surface area contributed by atoms with Crippen molar-refractivity contribution in [2.24, 2.45) is 0 Å². The molecule has 1 saturated heterocycles. The lowest BCUT2D eigenvalue weighted by Crippen LogP contribution is -2.50. The van der Waals surface area contributed by atoms with Gasteiger partial charge in [-0.2, -0.15) is 0 Å². The van der Waals surface area contributed by atoms with Crippen LogP contribution in [0.3, 0.4) is 0 Å². The molecule has 136 valence electrons. The number of carbonyl (C=O) groups excluding carboxylic acids is 2. The average molecular weight is 353 g/mol. The van der Waals surface area contributed by atoms with E-state index in [1.54, 1.807) is 36.5 Å². The fraction of sp³-hybridized carbons (Fsp3) is 0.350. The summed E-state index contributed by atoms with van der Waals surface area (Å²) in [7, 11) is 1.58. The van der Waals surface area contributed by atoms with Crippen LogP contribution in [0.2, 0.25) is 0 Å². The molecule has 0 spiro atoms. The van der Waals surface area contributed by atoms with Crippen molar-refractivity contribution in [3.63, 3.8) is 0 Å². The molecular weight excluding hydrogens is 330 g/mol. The number of aromatic nitrogens is 1. The Balaban J connectivity index is 1.50. The quantitative estimate of drug-likeness (QED) is 0.825. The number of pyridine rings is 1. The van der Waals surface area contributed by atoms with E-state index >= 15 is 0 Å². The molecule has 0 bridgehead atoms. The summed E-state index contributed by atoms with van der Waals surface area (Å²) in [5, 5.41) is 0. The molecule has 6 nitrogen and oxygen atoms in total. The van der Waals surface area contributed by atoms with Crippen LogP contribution in [-0.2, 0) is 11.2 Å². The molecule has 1 aliphatic rings. The van der Waals surface area contributed by atoms with E-state index in [0.29, 0.717) is 50.3 Å². The van der Waals surface area contributed by atoms with E-state index < -0.39 is 0 Å². The Morgan fingerprint density at radius 3 is 2.42 bits per heavy atom. The smallest absolute Gasteiger partial charge is 0.254 e. The van der Waals surface area contributed by atoms with Crippen LogP contribution in [0.15, 0.2) is 48.8 Å². The average Bonchev–Trinajstić information content (AvgIpc) is 2.72. The monoisotopic (exact) mass is 353 g/mol. The van der Waals surface area contributed by atoms with Crippen molar-refractivity contribution >= 4 is 11.8 Å². The molecule has 0 atom stereocenters. The maximum absolute atomic E-state index is 12.6. The van der Waals surface area contributed by atoms with E-state index in [0.717, 1.165) is 5.56 Å². The van der Waals surface area contributed by atoms with Gasteiger partial charge < -0.3 is 14.5 Å². The SMILES string of the molecule is COc1cccc(C(=O)N2CCN(C(=O)CCc3ccncc3)CC2)c1. The Hall–Kier alpha value is -2.89. The molecule has 2 aromatic rings. The van der Waals surface area contributed by atoms with Gasteiger partial charge in [-0.15, -0.1) is 0 Å². The number of benzene rings is 1. The first-order chi connectivity index (χ1) is 12.7. The Morgan fingerprint density at radius 2 is 1.73 bits per heavy atom. The summed E-state index contributed by atoms with van der Waals surface area (Å²) in [6.45, 7) is 2.25. The van der Waals surface area contributed by atoms with E-state index in [-0.39, 0.29) is 11.8 Å². The molecule has 0 N–H and O–H groups in total. The Morgan fingerprint density at radius 1 is 1.04 bits per heavy atom. The third kappa shape index (κ3) is 4.39. The lowest BCUT2D eigenvalue weighted by molar-refractivity contribution is -0.132. The summed E-state index contributed by atoms with van der Waals surface area (Å²) in [5.74, 6) is 0.781. The number of nitrogens with zero attached hydrogens (tertiary/aromatic N) is 3. The number of amides is 2. The highest BCUT2D eigenvalue weighted by Gasteiger charge is 2.24. The van der Waals surface area contributed by atoms with Crippen molar-refractivity contribution in [1.82, 2.24) is 14.8 Å². The summed E-state index contributed by atoms with van der Waals surface area (Å²) in [6, 6.07) is 11.0. The van der Waals surface area contributed by atoms with Gasteiger partial charge in [0.05, 0.1) is 7.11 Å². The number of methoxy groups -OCH3 is 1. The second-order valence-electron chi connectivity index (χ2n) is 6.26. The first kappa shape index (κ1) is 17.9. The molecule has 26 heavy (non-hydrogen) atoms. The van der Waals surface area contributed by atoms with E-state index in [1.807, 2.05) is 29.2 Å². The zero-order valence-electron chi connectivity index (χ0n) is 14.9. The number of carbonyl (C=O) groups is 2. The Labute approximate surface area is 153 Å². The fourth-order valence-corrected chi connectivity index (χ4v) is 3.06. The number of piperazine rings is 1. The lowest BCUT2D eigenvalue weighted by atomic mass is 10.1. The van der Waals surface area contributed by atoms with Crippen LogP contribution in [0.4, 0.5) is 0 Å². The lowest BCUT2D eigenvalue weighted by Gasteiger charge is -2.35. The maximum Gasteiger partial charge on any atom is 0.254 e. The van der Waals surface area contributed by atoms with Crippen molar-refractivity contribution in [3.05, 3.63) is 59.9 Å². The molecule has 2 heterocycles. The first-order valence-electron chi connectivity index (χ1n) is 8.77. The van der Waals surface area contributed by atoms with Gasteiger partial charge in [-0.05, 0) is 42.3 Å². The number of aryl methyl sites for hydroxylation is 1. The molecule has 3 rings (SSSR count). The number of hydrogen-bond acceptors (Lipinski definition) is 4. The maximum atomic E-state index is 12.6. The molecule has 1 fully saturated rings. The topological polar surface area (TPSA) is 62.7 Å². The highest BCUT2D eigenvalue weighted by atomic mass is 16.5. The molecule has 2 amide bonds. The number of rotatable bonds is 5. The molecule has 0 radical (unpaired) electrons. The van der Waals surface area contributed by atoms with Crippen molar-refractivity contribution in [2.75, 3.05) is 33.3 Å². The summed E-state index contributed by atoms with van der Waals surface area (Å²) in [4.78, 5) is 32.6. The number of ether oxygens (including phenoxy) is 1. The van der Waals surface area contributed by atoms with E-state index in [9.17, 15) is 9.59 Å². The first-order valence-corrected chi connectivity index (χ1v) is 8.77. The van der Waals surface area contributed by atoms with Crippen LogP contribution < -0.4 is 4.74 Å². The minimum absolute atomic E-state index is 0.0206. The highest BCUT2D eigenvalue weighted by Crippen LogP contribution is 2.16. The minimum atomic E-state index is -0.0206. The van der Waals surface area contributed by atoms with Crippen LogP contribution in [0, 0.1) is 0 Å². The molecule has 0 saturated carbocycles. The second-order valence-corrected chi connectivity index (χ2v) is 6.26. The van der Waals surface area contributed by atoms with Crippen LogP contribution in [0.5, 0.6) is 5.75 Å². The molecule has 0 unspecified atom stereocenters. The molecule has 1 aromatic carbocycles. The van der Waals surface area contributed by atoms with Gasteiger partial charge in [-0.3, -0.25) is 14.6 Å². The summed E-state index contributed by atoms with van der Waals surface area (Å²) in [5.41, 5.74) is 1.72. The van der Waals surface area contributed by atoms with Crippen LogP contribution >= 0.6 is 0 Å². The van der Waals surface area contributed by atoms with E-state index in [2.05, 4.69) is 4.98 Å². The summed E-state index contributed by atoms with van der Waals surface area (Å²) < 4.78 is 5.18. The van der Waals surface area contributed by atoms with Gasteiger partial charge in [0.2, 0.25) is 5.91 Å². The molecule has 6 heteroatoms. The van der Waals surface area contributed by atoms with Crippen LogP contribution in [0.1, 0.15) is 22.3 Å². The van der Waals surface area contributed by atoms with Crippen molar-refractivity contribution in [2.45, 2.75) is 12.8 Å². The van der Waals surface area contributed by atoms with Gasteiger partial charge >= 0.3 is 0 Å². The summed E-state index contributed by atoms with van der Waals surface area (Å²) in [6.07, 6.45) is 4.67. The largest absolute Gasteiger partial charge is 0.497 e. The summed E-state index contributed by atoms with van der Waals surface area (Å²) >= 11 is 0. The molecule has 1 aliphatic heterocycles. The zero-order chi connectivity index (χ0) is 18.4. The van der Waals surface area contributed by atoms with Gasteiger partial charge in [-0.1, -0.05) is 6.07 Å². The molecule has 0 aliphatic carbocycles. The highest BCUT2D eigenvalue weighted by molar-refractivity contribution is 5.94. The van der Waals surface area contributed by atoms with E-state index in [4.69, 9.17) is 4.74 Å². The third-order valence-corrected chi connectivity index (χ3v) is 4.61. The van der Waals surface area contributed by atoms with Gasteiger partial charge in [0.15, 0.2) is 0 Å². The van der Waals surface area contributed by atoms with Crippen LogP contribution in [0.25, 0.3) is 0 Å². The van der Waals surface area contributed by atoms with Gasteiger partial charge in [0.25, 0.3) is 5.91 Å². The second kappa shape index (κ2) is 8.47.